The molecule has 1 aromatic heterocycles. The van der Waals surface area contributed by atoms with Gasteiger partial charge in [0.15, 0.2) is 0 Å². The molecule has 0 amide bonds. The monoisotopic (exact) mass is 256 g/mol. The highest BCUT2D eigenvalue weighted by Crippen LogP contribution is 2.33. The molecule has 1 atom stereocenters. The van der Waals surface area contributed by atoms with E-state index >= 15 is 0 Å². The van der Waals surface area contributed by atoms with Gasteiger partial charge in [0, 0.05) is 31.0 Å². The van der Waals surface area contributed by atoms with E-state index in [4.69, 9.17) is 0 Å². The van der Waals surface area contributed by atoms with Crippen LogP contribution in [0.4, 0.5) is 0 Å². The summed E-state index contributed by atoms with van der Waals surface area (Å²) >= 11 is 4.53. The smallest absolute Gasteiger partial charge is 0.0506 e. The minimum absolute atomic E-state index is 0.291. The Bertz CT molecular complexity index is 552. The van der Waals surface area contributed by atoms with Gasteiger partial charge in [-0.25, -0.2) is 0 Å². The van der Waals surface area contributed by atoms with Crippen LogP contribution in [-0.4, -0.2) is 15.3 Å². The number of hydrogen-bond donors (Lipinski definition) is 1. The van der Waals surface area contributed by atoms with Crippen molar-refractivity contribution in [2.24, 2.45) is 0 Å². The minimum atomic E-state index is 0.291. The zero-order chi connectivity index (χ0) is 12.5. The maximum atomic E-state index is 4.53. The van der Waals surface area contributed by atoms with E-state index < -0.39 is 0 Å². The fraction of sp³-hybridized carbons (Fsp3) is 0.267. The lowest BCUT2D eigenvalue weighted by Gasteiger charge is -2.18. The highest BCUT2D eigenvalue weighted by Gasteiger charge is 2.23. The number of aromatic nitrogens is 1. The number of hydrogen-bond acceptors (Lipinski definition) is 3. The van der Waals surface area contributed by atoms with Crippen LogP contribution in [0.1, 0.15) is 18.1 Å². The molecule has 1 aliphatic heterocycles. The predicted octanol–water partition coefficient (Wildman–Crippen LogP) is 3.34. The molecule has 2 aromatic rings. The molecule has 2 heterocycles. The number of rotatable bonds is 2. The lowest BCUT2D eigenvalue weighted by Crippen LogP contribution is -2.22. The molecular formula is C15H16N2S. The molecular weight excluding hydrogens is 240 g/mol. The molecule has 0 radical (unpaired) electrons. The number of nitrogens with zero attached hydrogens (tertiary/aromatic N) is 2. The summed E-state index contributed by atoms with van der Waals surface area (Å²) in [6, 6.07) is 10.6. The molecule has 0 N–H and O–H groups in total. The average molecular weight is 256 g/mol. The fourth-order valence-corrected chi connectivity index (χ4v) is 2.67. The first-order valence-corrected chi connectivity index (χ1v) is 6.70. The minimum Gasteiger partial charge on any atom is -0.283 e. The van der Waals surface area contributed by atoms with Crippen LogP contribution >= 0.6 is 12.6 Å². The van der Waals surface area contributed by atoms with E-state index in [2.05, 4.69) is 53.7 Å². The average Bonchev–Trinajstić information content (AvgIpc) is 2.83. The molecule has 0 saturated heterocycles. The summed E-state index contributed by atoms with van der Waals surface area (Å²) < 4.78 is 0. The molecule has 3 heteroatoms. The van der Waals surface area contributed by atoms with Crippen molar-refractivity contribution >= 4 is 12.6 Å². The summed E-state index contributed by atoms with van der Waals surface area (Å²) in [4.78, 5) is 6.58. The molecule has 1 aliphatic rings. The van der Waals surface area contributed by atoms with Crippen LogP contribution in [0, 0.1) is 0 Å². The Labute approximate surface area is 113 Å². The van der Waals surface area contributed by atoms with E-state index in [0.29, 0.717) is 5.37 Å². The van der Waals surface area contributed by atoms with Gasteiger partial charge in [-0.15, -0.1) is 0 Å². The molecule has 1 aromatic carbocycles. The van der Waals surface area contributed by atoms with Gasteiger partial charge in [-0.05, 0) is 29.7 Å². The van der Waals surface area contributed by atoms with Gasteiger partial charge in [0.1, 0.15) is 0 Å². The summed E-state index contributed by atoms with van der Waals surface area (Å²) in [5, 5.41) is 0.291. The zero-order valence-corrected chi connectivity index (χ0v) is 11.3. The first-order chi connectivity index (χ1) is 8.75. The van der Waals surface area contributed by atoms with Crippen LogP contribution in [0.5, 0.6) is 0 Å². The first-order valence-electron chi connectivity index (χ1n) is 6.19. The van der Waals surface area contributed by atoms with Crippen LogP contribution in [0.2, 0.25) is 0 Å². The largest absolute Gasteiger partial charge is 0.283 e. The number of pyridine rings is 1. The van der Waals surface area contributed by atoms with Crippen LogP contribution in [0.3, 0.4) is 0 Å². The summed E-state index contributed by atoms with van der Waals surface area (Å²) in [5.74, 6) is 0. The van der Waals surface area contributed by atoms with Crippen molar-refractivity contribution in [2.75, 3.05) is 0 Å². The van der Waals surface area contributed by atoms with Crippen LogP contribution in [0.15, 0.2) is 42.7 Å². The summed E-state index contributed by atoms with van der Waals surface area (Å²) in [6.45, 7) is 4.10. The van der Waals surface area contributed by atoms with Gasteiger partial charge in [0.2, 0.25) is 0 Å². The number of thiol groups is 1. The second-order valence-electron chi connectivity index (χ2n) is 4.72. The Morgan fingerprint density at radius 2 is 2.11 bits per heavy atom. The lowest BCUT2D eigenvalue weighted by atomic mass is 9.98. The van der Waals surface area contributed by atoms with E-state index in [-0.39, 0.29) is 0 Å². The number of fused-ring (bicyclic) bond motifs is 1. The fourth-order valence-electron chi connectivity index (χ4n) is 2.50. The summed E-state index contributed by atoms with van der Waals surface area (Å²) in [6.07, 6.45) is 3.75. The molecule has 0 saturated carbocycles. The molecule has 0 aliphatic carbocycles. The van der Waals surface area contributed by atoms with Crippen LogP contribution < -0.4 is 0 Å². The first kappa shape index (κ1) is 11.8. The zero-order valence-electron chi connectivity index (χ0n) is 10.4. The SMILES string of the molecule is CC(S)N1Cc2cccc(-c3cccnc3)c2C1. The molecule has 2 nitrogen and oxygen atoms in total. The third-order valence-corrected chi connectivity index (χ3v) is 3.84. The third-order valence-electron chi connectivity index (χ3n) is 3.51. The third kappa shape index (κ3) is 2.04. The second-order valence-corrected chi connectivity index (χ2v) is 5.47. The van der Waals surface area contributed by atoms with Gasteiger partial charge in [0.05, 0.1) is 5.37 Å². The van der Waals surface area contributed by atoms with E-state index in [1.165, 1.54) is 22.3 Å². The molecule has 18 heavy (non-hydrogen) atoms. The van der Waals surface area contributed by atoms with E-state index in [0.717, 1.165) is 13.1 Å². The molecule has 0 spiro atoms. The Morgan fingerprint density at radius 3 is 2.83 bits per heavy atom. The van der Waals surface area contributed by atoms with Gasteiger partial charge in [-0.3, -0.25) is 9.88 Å². The van der Waals surface area contributed by atoms with E-state index in [9.17, 15) is 0 Å². The Morgan fingerprint density at radius 1 is 1.22 bits per heavy atom. The highest BCUT2D eigenvalue weighted by molar-refractivity contribution is 7.80. The van der Waals surface area contributed by atoms with Crippen molar-refractivity contribution in [1.82, 2.24) is 9.88 Å². The van der Waals surface area contributed by atoms with E-state index in [1.807, 2.05) is 18.5 Å². The van der Waals surface area contributed by atoms with Crippen molar-refractivity contribution in [3.8, 4) is 11.1 Å². The van der Waals surface area contributed by atoms with Gasteiger partial charge in [-0.2, -0.15) is 12.6 Å². The molecule has 3 rings (SSSR count). The molecule has 0 fully saturated rings. The maximum absolute atomic E-state index is 4.53. The standard InChI is InChI=1S/C15H16N2S/c1-11(18)17-9-13-4-2-6-14(15(13)10-17)12-5-3-7-16-8-12/h2-8,11,18H,9-10H2,1H3. The van der Waals surface area contributed by atoms with Crippen molar-refractivity contribution in [3.63, 3.8) is 0 Å². The summed E-state index contributed by atoms with van der Waals surface area (Å²) in [7, 11) is 0. The summed E-state index contributed by atoms with van der Waals surface area (Å²) in [5.41, 5.74) is 5.34. The van der Waals surface area contributed by atoms with Crippen molar-refractivity contribution in [3.05, 3.63) is 53.9 Å². The van der Waals surface area contributed by atoms with Gasteiger partial charge >= 0.3 is 0 Å². The lowest BCUT2D eigenvalue weighted by molar-refractivity contribution is 0.278. The van der Waals surface area contributed by atoms with Crippen molar-refractivity contribution in [2.45, 2.75) is 25.4 Å². The second kappa shape index (κ2) is 4.75. The van der Waals surface area contributed by atoms with Gasteiger partial charge < -0.3 is 0 Å². The van der Waals surface area contributed by atoms with Crippen LogP contribution in [0.25, 0.3) is 11.1 Å². The maximum Gasteiger partial charge on any atom is 0.0506 e. The van der Waals surface area contributed by atoms with Crippen LogP contribution in [-0.2, 0) is 13.1 Å². The Hall–Kier alpha value is -1.32. The predicted molar refractivity (Wildman–Crippen MR) is 77.4 cm³/mol. The topological polar surface area (TPSA) is 16.1 Å². The normalized spacial score (nSPS) is 16.6. The molecule has 0 bridgehead atoms. The van der Waals surface area contributed by atoms with Crippen molar-refractivity contribution < 1.29 is 0 Å². The van der Waals surface area contributed by atoms with Gasteiger partial charge in [-0.1, -0.05) is 24.3 Å². The Kier molecular flexibility index (Phi) is 3.10. The number of benzene rings is 1. The quantitative estimate of drug-likeness (QED) is 0.830. The highest BCUT2D eigenvalue weighted by atomic mass is 32.1. The molecule has 92 valence electrons. The molecule has 1 unspecified atom stereocenters. The Balaban J connectivity index is 2.03. The van der Waals surface area contributed by atoms with Gasteiger partial charge in [0.25, 0.3) is 0 Å². The van der Waals surface area contributed by atoms with Crippen molar-refractivity contribution in [1.29, 1.82) is 0 Å². The van der Waals surface area contributed by atoms with E-state index in [1.54, 1.807) is 0 Å².